The molecule has 1 aromatic carbocycles. The molecule has 0 aliphatic rings. The molecule has 0 radical (unpaired) electrons. The van der Waals surface area contributed by atoms with Crippen molar-refractivity contribution < 1.29 is 9.53 Å². The van der Waals surface area contributed by atoms with Gasteiger partial charge in [-0.1, -0.05) is 6.07 Å². The molecule has 0 aliphatic carbocycles. The summed E-state index contributed by atoms with van der Waals surface area (Å²) >= 11 is 0. The molecule has 1 rings (SSSR count). The van der Waals surface area contributed by atoms with Crippen LogP contribution >= 0.6 is 0 Å². The average Bonchev–Trinajstić information content (AvgIpc) is 2.35. The zero-order chi connectivity index (χ0) is 13.7. The minimum atomic E-state index is -0.293. The van der Waals surface area contributed by atoms with E-state index in [0.717, 1.165) is 17.7 Å². The summed E-state index contributed by atoms with van der Waals surface area (Å²) in [5.74, 6) is 5.95. The second-order valence-corrected chi connectivity index (χ2v) is 4.38. The highest BCUT2D eigenvalue weighted by molar-refractivity contribution is 5.73. The first-order chi connectivity index (χ1) is 8.49. The van der Waals surface area contributed by atoms with E-state index < -0.39 is 0 Å². The second kappa shape index (κ2) is 6.26. The summed E-state index contributed by atoms with van der Waals surface area (Å²) in [5, 5.41) is 0. The maximum Gasteiger partial charge on any atom is 0.331 e. The molecule has 0 bridgehead atoms. The molecule has 0 aliphatic heterocycles. The third kappa shape index (κ3) is 3.37. The molecule has 0 aromatic heterocycles. The minimum absolute atomic E-state index is 0.293. The minimum Gasteiger partial charge on any atom is -0.496 e. The molecular weight excluding hydrogens is 230 g/mol. The summed E-state index contributed by atoms with van der Waals surface area (Å²) in [6, 6.07) is 3.82. The van der Waals surface area contributed by atoms with Gasteiger partial charge in [0.1, 0.15) is 5.75 Å². The van der Waals surface area contributed by atoms with E-state index >= 15 is 0 Å². The summed E-state index contributed by atoms with van der Waals surface area (Å²) in [6.45, 7) is 4.67. The first-order valence-electron chi connectivity index (χ1n) is 5.85. The van der Waals surface area contributed by atoms with Crippen LogP contribution in [0.15, 0.2) is 12.1 Å². The number of nitrogens with two attached hydrogens (primary N) is 1. The lowest BCUT2D eigenvalue weighted by Crippen LogP contribution is -2.42. The van der Waals surface area contributed by atoms with Crippen LogP contribution in [0.4, 0.5) is 4.79 Å². The van der Waals surface area contributed by atoms with Crippen LogP contribution in [0, 0.1) is 13.8 Å². The van der Waals surface area contributed by atoms with E-state index in [-0.39, 0.29) is 6.03 Å². The van der Waals surface area contributed by atoms with Crippen molar-refractivity contribution >= 4 is 6.03 Å². The Balaban J connectivity index is 2.81. The first kappa shape index (κ1) is 14.3. The van der Waals surface area contributed by atoms with Crippen LogP contribution in [0.5, 0.6) is 5.75 Å². The summed E-state index contributed by atoms with van der Waals surface area (Å²) in [5.41, 5.74) is 5.58. The molecule has 2 amide bonds. The van der Waals surface area contributed by atoms with E-state index in [0.29, 0.717) is 6.54 Å². The molecule has 3 N–H and O–H groups in total. The summed E-state index contributed by atoms with van der Waals surface area (Å²) < 4.78 is 5.38. The van der Waals surface area contributed by atoms with E-state index in [1.54, 1.807) is 19.1 Å². The van der Waals surface area contributed by atoms with Crippen molar-refractivity contribution in [3.63, 3.8) is 0 Å². The lowest BCUT2D eigenvalue weighted by molar-refractivity contribution is 0.209. The zero-order valence-electron chi connectivity index (χ0n) is 11.4. The van der Waals surface area contributed by atoms with Crippen molar-refractivity contribution in [2.24, 2.45) is 5.84 Å². The number of amides is 2. The van der Waals surface area contributed by atoms with Gasteiger partial charge in [0.2, 0.25) is 0 Å². The summed E-state index contributed by atoms with van der Waals surface area (Å²) in [6.07, 6.45) is 0.735. The highest BCUT2D eigenvalue weighted by atomic mass is 16.5. The lowest BCUT2D eigenvalue weighted by atomic mass is 10.0. The Hall–Kier alpha value is -1.75. The predicted octanol–water partition coefficient (Wildman–Crippen LogP) is 1.37. The Morgan fingerprint density at radius 3 is 2.67 bits per heavy atom. The quantitative estimate of drug-likeness (QED) is 0.482. The van der Waals surface area contributed by atoms with Gasteiger partial charge in [-0.25, -0.2) is 10.6 Å². The number of carbonyl (C=O) groups excluding carboxylic acids is 1. The summed E-state index contributed by atoms with van der Waals surface area (Å²) in [4.78, 5) is 12.8. The molecule has 5 nitrogen and oxygen atoms in total. The number of nitrogens with zero attached hydrogens (tertiary/aromatic N) is 1. The number of likely N-dealkylation sites (N-methyl/N-ethyl adjacent to an activating group) is 1. The Morgan fingerprint density at radius 1 is 1.44 bits per heavy atom. The van der Waals surface area contributed by atoms with Crippen molar-refractivity contribution in [2.45, 2.75) is 20.3 Å². The van der Waals surface area contributed by atoms with Gasteiger partial charge in [0.15, 0.2) is 0 Å². The number of hydrazine groups is 1. The Labute approximate surface area is 108 Å². The molecule has 0 heterocycles. The maximum absolute atomic E-state index is 11.3. The van der Waals surface area contributed by atoms with Crippen LogP contribution < -0.4 is 16.0 Å². The number of benzene rings is 1. The number of hydrogen-bond acceptors (Lipinski definition) is 3. The SMILES string of the molecule is COc1cc(C)cc(C)c1CCN(C)C(=O)NN. The van der Waals surface area contributed by atoms with Crippen molar-refractivity contribution in [1.29, 1.82) is 0 Å². The molecule has 0 fully saturated rings. The number of rotatable bonds is 4. The highest BCUT2D eigenvalue weighted by Gasteiger charge is 2.11. The molecule has 0 spiro atoms. The molecule has 0 atom stereocenters. The standard InChI is InChI=1S/C13H21N3O2/c1-9-7-10(2)11(12(8-9)18-4)5-6-16(3)13(17)15-14/h7-8H,5-6,14H2,1-4H3,(H,15,17). The zero-order valence-corrected chi connectivity index (χ0v) is 11.4. The van der Waals surface area contributed by atoms with E-state index in [9.17, 15) is 4.79 Å². The molecule has 5 heteroatoms. The van der Waals surface area contributed by atoms with Gasteiger partial charge in [-0.3, -0.25) is 5.43 Å². The number of hydrogen-bond donors (Lipinski definition) is 2. The van der Waals surface area contributed by atoms with Gasteiger partial charge < -0.3 is 9.64 Å². The highest BCUT2D eigenvalue weighted by Crippen LogP contribution is 2.24. The van der Waals surface area contributed by atoms with E-state index in [1.165, 1.54) is 11.1 Å². The second-order valence-electron chi connectivity index (χ2n) is 4.38. The Morgan fingerprint density at radius 2 is 2.11 bits per heavy atom. The third-order valence-corrected chi connectivity index (χ3v) is 2.96. The molecule has 0 unspecified atom stereocenters. The molecule has 100 valence electrons. The lowest BCUT2D eigenvalue weighted by Gasteiger charge is -2.18. The van der Waals surface area contributed by atoms with E-state index in [1.807, 2.05) is 19.9 Å². The fraction of sp³-hybridized carbons (Fsp3) is 0.462. The van der Waals surface area contributed by atoms with Gasteiger partial charge in [0.05, 0.1) is 7.11 Å². The topological polar surface area (TPSA) is 67.6 Å². The van der Waals surface area contributed by atoms with Gasteiger partial charge in [-0.2, -0.15) is 0 Å². The molecule has 0 saturated heterocycles. The Kier molecular flexibility index (Phi) is 4.97. The van der Waals surface area contributed by atoms with Crippen molar-refractivity contribution in [3.05, 3.63) is 28.8 Å². The van der Waals surface area contributed by atoms with E-state index in [2.05, 4.69) is 11.5 Å². The van der Waals surface area contributed by atoms with Gasteiger partial charge in [-0.15, -0.1) is 0 Å². The van der Waals surface area contributed by atoms with Gasteiger partial charge in [0, 0.05) is 13.6 Å². The van der Waals surface area contributed by atoms with E-state index in [4.69, 9.17) is 10.6 Å². The number of ether oxygens (including phenoxy) is 1. The van der Waals surface area contributed by atoms with Gasteiger partial charge in [-0.05, 0) is 43.0 Å². The monoisotopic (exact) mass is 251 g/mol. The van der Waals surface area contributed by atoms with Crippen molar-refractivity contribution in [1.82, 2.24) is 10.3 Å². The van der Waals surface area contributed by atoms with Crippen molar-refractivity contribution in [3.8, 4) is 5.75 Å². The summed E-state index contributed by atoms with van der Waals surface area (Å²) in [7, 11) is 3.37. The molecular formula is C13H21N3O2. The molecule has 18 heavy (non-hydrogen) atoms. The number of methoxy groups -OCH3 is 1. The van der Waals surface area contributed by atoms with Crippen LogP contribution in [0.3, 0.4) is 0 Å². The fourth-order valence-corrected chi connectivity index (χ4v) is 1.95. The maximum atomic E-state index is 11.3. The van der Waals surface area contributed by atoms with Gasteiger partial charge in [0.25, 0.3) is 0 Å². The molecule has 1 aromatic rings. The number of nitrogens with one attached hydrogen (secondary N) is 1. The fourth-order valence-electron chi connectivity index (χ4n) is 1.95. The number of urea groups is 1. The average molecular weight is 251 g/mol. The normalized spacial score (nSPS) is 10.1. The Bertz CT molecular complexity index is 432. The molecule has 0 saturated carbocycles. The van der Waals surface area contributed by atoms with Crippen LogP contribution in [0.1, 0.15) is 16.7 Å². The van der Waals surface area contributed by atoms with Crippen LogP contribution in [0.2, 0.25) is 0 Å². The number of aryl methyl sites for hydroxylation is 2. The first-order valence-corrected chi connectivity index (χ1v) is 5.85. The number of carbonyl (C=O) groups is 1. The third-order valence-electron chi connectivity index (χ3n) is 2.96. The van der Waals surface area contributed by atoms with Crippen LogP contribution in [-0.2, 0) is 6.42 Å². The van der Waals surface area contributed by atoms with Crippen molar-refractivity contribution in [2.75, 3.05) is 20.7 Å². The smallest absolute Gasteiger partial charge is 0.331 e. The van der Waals surface area contributed by atoms with Crippen LogP contribution in [-0.4, -0.2) is 31.6 Å². The predicted molar refractivity (Wildman–Crippen MR) is 71.5 cm³/mol. The van der Waals surface area contributed by atoms with Gasteiger partial charge >= 0.3 is 6.03 Å². The largest absolute Gasteiger partial charge is 0.496 e. The van der Waals surface area contributed by atoms with Crippen LogP contribution in [0.25, 0.3) is 0 Å².